The fourth-order valence-corrected chi connectivity index (χ4v) is 7.27. The minimum atomic E-state index is -3.91. The topological polar surface area (TPSA) is 128 Å². The van der Waals surface area contributed by atoms with Gasteiger partial charge in [0, 0.05) is 18.0 Å². The Morgan fingerprint density at radius 3 is 2.55 bits per heavy atom. The highest BCUT2D eigenvalue weighted by Gasteiger charge is 2.35. The van der Waals surface area contributed by atoms with Crippen molar-refractivity contribution in [3.63, 3.8) is 0 Å². The van der Waals surface area contributed by atoms with Crippen molar-refractivity contribution in [3.05, 3.63) is 21.6 Å². The second-order valence-electron chi connectivity index (χ2n) is 7.97. The molecule has 2 unspecified atom stereocenters. The number of ether oxygens (including phenoxy) is 1. The van der Waals surface area contributed by atoms with Gasteiger partial charge < -0.3 is 10.1 Å². The molecular weight excluding hydrogens is 444 g/mol. The number of carbonyl (C=O) groups excluding carboxylic acids is 2. The van der Waals surface area contributed by atoms with Crippen LogP contribution in [0.3, 0.4) is 0 Å². The number of rotatable bonds is 6. The van der Waals surface area contributed by atoms with Crippen LogP contribution in [0.4, 0.5) is 0 Å². The summed E-state index contributed by atoms with van der Waals surface area (Å²) >= 11 is 1.14. The molecule has 10 nitrogen and oxygen atoms in total. The molecule has 12 heteroatoms. The lowest BCUT2D eigenvalue weighted by molar-refractivity contribution is -0.141. The Morgan fingerprint density at radius 1 is 1.29 bits per heavy atom. The van der Waals surface area contributed by atoms with E-state index in [0.29, 0.717) is 22.8 Å². The molecule has 1 saturated heterocycles. The molecule has 1 amide bonds. The molecule has 3 heterocycles. The SMILES string of the molecule is COC(=O)CNC(=O)Cn1cnc2sc(C)c(S(=O)(=O)N3CC(C)CC(C)C3)c2c1=O. The van der Waals surface area contributed by atoms with Crippen molar-refractivity contribution >= 4 is 43.5 Å². The number of thiophene rings is 1. The second-order valence-corrected chi connectivity index (χ2v) is 11.0. The molecule has 31 heavy (non-hydrogen) atoms. The van der Waals surface area contributed by atoms with E-state index >= 15 is 0 Å². The van der Waals surface area contributed by atoms with Crippen LogP contribution in [0.1, 0.15) is 25.1 Å². The van der Waals surface area contributed by atoms with Gasteiger partial charge in [-0.25, -0.2) is 13.4 Å². The van der Waals surface area contributed by atoms with Crippen LogP contribution < -0.4 is 10.9 Å². The van der Waals surface area contributed by atoms with Gasteiger partial charge in [0.05, 0.1) is 18.8 Å². The van der Waals surface area contributed by atoms with Gasteiger partial charge in [-0.1, -0.05) is 13.8 Å². The van der Waals surface area contributed by atoms with Crippen molar-refractivity contribution in [1.82, 2.24) is 19.2 Å². The largest absolute Gasteiger partial charge is 0.468 e. The van der Waals surface area contributed by atoms with Crippen LogP contribution in [0.25, 0.3) is 10.2 Å². The zero-order chi connectivity index (χ0) is 22.9. The number of hydrogen-bond donors (Lipinski definition) is 1. The summed E-state index contributed by atoms with van der Waals surface area (Å²) in [6.07, 6.45) is 2.16. The van der Waals surface area contributed by atoms with Crippen molar-refractivity contribution in [2.24, 2.45) is 11.8 Å². The molecule has 3 rings (SSSR count). The van der Waals surface area contributed by atoms with Gasteiger partial charge >= 0.3 is 5.97 Å². The molecule has 0 aromatic carbocycles. The normalized spacial score (nSPS) is 20.0. The van der Waals surface area contributed by atoms with Crippen molar-refractivity contribution < 1.29 is 22.7 Å². The fraction of sp³-hybridized carbons (Fsp3) is 0.579. The minimum Gasteiger partial charge on any atom is -0.468 e. The number of piperidine rings is 1. The first-order valence-electron chi connectivity index (χ1n) is 9.86. The van der Waals surface area contributed by atoms with Gasteiger partial charge in [-0.2, -0.15) is 4.31 Å². The van der Waals surface area contributed by atoms with Gasteiger partial charge in [0.25, 0.3) is 5.56 Å². The molecule has 0 spiro atoms. The molecule has 2 atom stereocenters. The summed E-state index contributed by atoms with van der Waals surface area (Å²) in [5.41, 5.74) is -0.612. The van der Waals surface area contributed by atoms with Gasteiger partial charge in [0.15, 0.2) is 0 Å². The molecule has 170 valence electrons. The number of hydrogen-bond acceptors (Lipinski definition) is 8. The van der Waals surface area contributed by atoms with E-state index in [1.54, 1.807) is 6.92 Å². The lowest BCUT2D eigenvalue weighted by atomic mass is 9.94. The van der Waals surface area contributed by atoms with E-state index in [1.165, 1.54) is 17.7 Å². The minimum absolute atomic E-state index is 0.00310. The van der Waals surface area contributed by atoms with E-state index in [2.05, 4.69) is 15.0 Å². The van der Waals surface area contributed by atoms with E-state index in [1.807, 2.05) is 13.8 Å². The van der Waals surface area contributed by atoms with Crippen molar-refractivity contribution in [2.45, 2.75) is 38.6 Å². The zero-order valence-electron chi connectivity index (χ0n) is 17.9. The Hall–Kier alpha value is -2.31. The zero-order valence-corrected chi connectivity index (χ0v) is 19.5. The van der Waals surface area contributed by atoms with Crippen LogP contribution in [-0.2, 0) is 30.9 Å². The molecule has 1 aliphatic heterocycles. The fourth-order valence-electron chi connectivity index (χ4n) is 3.92. The summed E-state index contributed by atoms with van der Waals surface area (Å²) in [7, 11) is -2.71. The number of esters is 1. The highest BCUT2D eigenvalue weighted by Crippen LogP contribution is 2.35. The van der Waals surface area contributed by atoms with E-state index in [-0.39, 0.29) is 28.7 Å². The van der Waals surface area contributed by atoms with Gasteiger partial charge in [0.1, 0.15) is 22.8 Å². The molecule has 1 aliphatic rings. The van der Waals surface area contributed by atoms with Gasteiger partial charge in [-0.05, 0) is 25.2 Å². The number of sulfonamides is 1. The van der Waals surface area contributed by atoms with Crippen LogP contribution in [0, 0.1) is 18.8 Å². The highest BCUT2D eigenvalue weighted by atomic mass is 32.2. The lowest BCUT2D eigenvalue weighted by Gasteiger charge is -2.34. The standard InChI is InChI=1S/C19H26N4O6S2/c1-11-5-12(2)8-23(7-11)31(27,28)17-13(3)30-18-16(17)19(26)22(10-21-18)9-14(24)20-6-15(25)29-4/h10-12H,5-9H2,1-4H3,(H,20,24). The molecule has 0 aliphatic carbocycles. The Bertz CT molecular complexity index is 1160. The van der Waals surface area contributed by atoms with Crippen molar-refractivity contribution in [3.8, 4) is 0 Å². The predicted molar refractivity (Wildman–Crippen MR) is 115 cm³/mol. The summed E-state index contributed by atoms with van der Waals surface area (Å²) in [6.45, 7) is 5.74. The molecule has 1 N–H and O–H groups in total. The first-order chi connectivity index (χ1) is 14.5. The molecule has 2 aromatic heterocycles. The van der Waals surface area contributed by atoms with E-state index in [0.717, 1.165) is 22.3 Å². The maximum Gasteiger partial charge on any atom is 0.325 e. The van der Waals surface area contributed by atoms with Crippen LogP contribution in [0.2, 0.25) is 0 Å². The Labute approximate surface area is 184 Å². The van der Waals surface area contributed by atoms with Gasteiger partial charge in [0.2, 0.25) is 15.9 Å². The monoisotopic (exact) mass is 470 g/mol. The van der Waals surface area contributed by atoms with Gasteiger partial charge in [-0.3, -0.25) is 19.0 Å². The number of nitrogens with zero attached hydrogens (tertiary/aromatic N) is 3. The molecule has 0 bridgehead atoms. The first kappa shape index (κ1) is 23.4. The summed E-state index contributed by atoms with van der Waals surface area (Å²) in [6, 6.07) is 0. The second kappa shape index (κ2) is 9.05. The number of nitrogens with one attached hydrogen (secondary N) is 1. The number of aromatic nitrogens is 2. The van der Waals surface area contributed by atoms with Crippen LogP contribution >= 0.6 is 11.3 Å². The third-order valence-corrected chi connectivity index (χ3v) is 8.35. The summed E-state index contributed by atoms with van der Waals surface area (Å²) < 4.78 is 33.9. The molecule has 0 radical (unpaired) electrons. The number of aryl methyl sites for hydroxylation is 1. The number of carbonyl (C=O) groups is 2. The Kier molecular flexibility index (Phi) is 6.82. The Morgan fingerprint density at radius 2 is 1.94 bits per heavy atom. The lowest BCUT2D eigenvalue weighted by Crippen LogP contribution is -2.43. The predicted octanol–water partition coefficient (Wildman–Crippen LogP) is 0.722. The molecule has 1 fully saturated rings. The van der Waals surface area contributed by atoms with Crippen LogP contribution in [0.15, 0.2) is 16.0 Å². The van der Waals surface area contributed by atoms with E-state index < -0.39 is 34.0 Å². The maximum atomic E-state index is 13.5. The average Bonchev–Trinajstić information content (AvgIpc) is 3.05. The van der Waals surface area contributed by atoms with E-state index in [4.69, 9.17) is 0 Å². The number of amides is 1. The van der Waals surface area contributed by atoms with Crippen molar-refractivity contribution in [1.29, 1.82) is 0 Å². The summed E-state index contributed by atoms with van der Waals surface area (Å²) in [4.78, 5) is 41.4. The maximum absolute atomic E-state index is 13.5. The quantitative estimate of drug-likeness (QED) is 0.616. The first-order valence-corrected chi connectivity index (χ1v) is 12.1. The highest BCUT2D eigenvalue weighted by molar-refractivity contribution is 7.89. The average molecular weight is 471 g/mol. The molecule has 2 aromatic rings. The summed E-state index contributed by atoms with van der Waals surface area (Å²) in [5, 5.41) is 2.34. The smallest absolute Gasteiger partial charge is 0.325 e. The van der Waals surface area contributed by atoms with E-state index in [9.17, 15) is 22.8 Å². The summed E-state index contributed by atoms with van der Waals surface area (Å²) in [5.74, 6) is -0.779. The molecular formula is C19H26N4O6S2. The number of fused-ring (bicyclic) bond motifs is 1. The van der Waals surface area contributed by atoms with Crippen LogP contribution in [0.5, 0.6) is 0 Å². The van der Waals surface area contributed by atoms with Gasteiger partial charge in [-0.15, -0.1) is 11.3 Å². The third-order valence-electron chi connectivity index (χ3n) is 5.20. The number of methoxy groups -OCH3 is 1. The third kappa shape index (κ3) is 4.80. The van der Waals surface area contributed by atoms with Crippen molar-refractivity contribution in [2.75, 3.05) is 26.7 Å². The Balaban J connectivity index is 1.99. The molecule has 0 saturated carbocycles. The van der Waals surface area contributed by atoms with Crippen LogP contribution in [-0.4, -0.2) is 60.9 Å².